The molecule has 0 aliphatic heterocycles. The van der Waals surface area contributed by atoms with Crippen molar-refractivity contribution in [3.05, 3.63) is 88.1 Å². The van der Waals surface area contributed by atoms with Crippen LogP contribution in [0.1, 0.15) is 42.1 Å². The molecule has 0 aliphatic rings. The molecule has 1 atom stereocenters. The number of anilines is 1. The smallest absolute Gasteiger partial charge is 0.252 e. The van der Waals surface area contributed by atoms with Crippen molar-refractivity contribution in [2.45, 2.75) is 40.7 Å². The Kier molecular flexibility index (Phi) is 10.2. The number of allylic oxidation sites excluding steroid dienone is 1. The molecule has 4 nitrogen and oxygen atoms in total. The summed E-state index contributed by atoms with van der Waals surface area (Å²) in [5, 5.41) is 2.90. The second kappa shape index (κ2) is 12.4. The van der Waals surface area contributed by atoms with Crippen LogP contribution in [-0.4, -0.2) is 24.1 Å². The van der Waals surface area contributed by atoms with Crippen LogP contribution in [0.25, 0.3) is 0 Å². The lowest BCUT2D eigenvalue weighted by Gasteiger charge is -2.24. The van der Waals surface area contributed by atoms with Gasteiger partial charge in [0.2, 0.25) is 0 Å². The SMILES string of the molecule is C#CC(c1c(F)cccc1F)N(C)/C=C(\C)C(=O)Nc1c(C)cc(C)cc1C.C=C(C)C=O. The fourth-order valence-electron chi connectivity index (χ4n) is 3.20. The normalized spacial score (nSPS) is 11.4. The Hall–Kier alpha value is -3.72. The van der Waals surface area contributed by atoms with Gasteiger partial charge in [-0.2, -0.15) is 0 Å². The zero-order valence-corrected chi connectivity index (χ0v) is 19.9. The molecule has 2 aromatic rings. The highest BCUT2D eigenvalue weighted by atomic mass is 19.1. The van der Waals surface area contributed by atoms with Gasteiger partial charge in [0.05, 0.1) is 5.56 Å². The number of hydrogen-bond donors (Lipinski definition) is 1. The number of terminal acetylenes is 1. The Morgan fingerprint density at radius 3 is 2.06 bits per heavy atom. The third-order valence-corrected chi connectivity index (χ3v) is 4.71. The summed E-state index contributed by atoms with van der Waals surface area (Å²) in [5.74, 6) is 0.623. The molecule has 0 heterocycles. The highest BCUT2D eigenvalue weighted by Gasteiger charge is 2.21. The van der Waals surface area contributed by atoms with Gasteiger partial charge in [-0.15, -0.1) is 6.42 Å². The summed E-state index contributed by atoms with van der Waals surface area (Å²) in [6, 6.07) is 6.59. The van der Waals surface area contributed by atoms with Gasteiger partial charge in [0.25, 0.3) is 5.91 Å². The molecule has 0 aromatic heterocycles. The Balaban J connectivity index is 0.000000981. The summed E-state index contributed by atoms with van der Waals surface area (Å²) < 4.78 is 28.2. The summed E-state index contributed by atoms with van der Waals surface area (Å²) in [6.45, 7) is 12.4. The number of nitrogens with one attached hydrogen (secondary N) is 1. The van der Waals surface area contributed by atoms with Gasteiger partial charge < -0.3 is 10.2 Å². The van der Waals surface area contributed by atoms with E-state index in [9.17, 15) is 18.4 Å². The molecule has 6 heteroatoms. The number of carbonyl (C=O) groups is 2. The van der Waals surface area contributed by atoms with Gasteiger partial charge in [0, 0.05) is 24.5 Å². The molecule has 1 N–H and O–H groups in total. The highest BCUT2D eigenvalue weighted by molar-refractivity contribution is 6.04. The number of halogens is 2. The maximum absolute atomic E-state index is 14.1. The minimum Gasteiger partial charge on any atom is -0.362 e. The fourth-order valence-corrected chi connectivity index (χ4v) is 3.20. The van der Waals surface area contributed by atoms with Crippen LogP contribution in [0.4, 0.5) is 14.5 Å². The van der Waals surface area contributed by atoms with E-state index in [2.05, 4.69) is 17.8 Å². The van der Waals surface area contributed by atoms with Crippen molar-refractivity contribution in [3.8, 4) is 12.3 Å². The van der Waals surface area contributed by atoms with Gasteiger partial charge in [-0.3, -0.25) is 9.59 Å². The first-order valence-electron chi connectivity index (χ1n) is 10.2. The molecule has 0 spiro atoms. The Labute approximate surface area is 195 Å². The average molecular weight is 453 g/mol. The Bertz CT molecular complexity index is 1070. The summed E-state index contributed by atoms with van der Waals surface area (Å²) in [5.41, 5.74) is 4.50. The van der Waals surface area contributed by atoms with Gasteiger partial charge in [0.1, 0.15) is 24.0 Å². The highest BCUT2D eigenvalue weighted by Crippen LogP contribution is 2.26. The first kappa shape index (κ1) is 27.3. The minimum absolute atomic E-state index is 0.220. The molecule has 33 heavy (non-hydrogen) atoms. The first-order valence-corrected chi connectivity index (χ1v) is 10.2. The maximum atomic E-state index is 14.1. The van der Waals surface area contributed by atoms with E-state index in [1.807, 2.05) is 32.9 Å². The van der Waals surface area contributed by atoms with Crippen molar-refractivity contribution in [1.29, 1.82) is 0 Å². The minimum atomic E-state index is -0.980. The molecule has 0 bridgehead atoms. The van der Waals surface area contributed by atoms with Crippen molar-refractivity contribution in [2.75, 3.05) is 12.4 Å². The van der Waals surface area contributed by atoms with Crippen molar-refractivity contribution < 1.29 is 18.4 Å². The third kappa shape index (κ3) is 7.73. The van der Waals surface area contributed by atoms with Gasteiger partial charge >= 0.3 is 0 Å². The standard InChI is InChI=1S/C23H24F2N2O.C4H6O/c1-7-20(21-18(24)9-8-10-19(21)25)27(6)13-17(5)23(28)26-22-15(3)11-14(2)12-16(22)4;1-4(2)3-5/h1,8-13,20H,2-6H3,(H,26,28);3H,1H2,2H3/b17-13+;. The van der Waals surface area contributed by atoms with Gasteiger partial charge in [0.15, 0.2) is 0 Å². The number of carbonyl (C=O) groups excluding carboxylic acids is 2. The molecule has 0 saturated heterocycles. The number of hydrogen-bond acceptors (Lipinski definition) is 3. The summed E-state index contributed by atoms with van der Waals surface area (Å²) in [7, 11) is 1.58. The molecule has 1 unspecified atom stereocenters. The van der Waals surface area contributed by atoms with Crippen molar-refractivity contribution in [2.24, 2.45) is 0 Å². The van der Waals surface area contributed by atoms with E-state index in [0.717, 1.165) is 40.8 Å². The fraction of sp³-hybridized carbons (Fsp3) is 0.259. The lowest BCUT2D eigenvalue weighted by Crippen LogP contribution is -2.23. The van der Waals surface area contributed by atoms with Crippen molar-refractivity contribution in [3.63, 3.8) is 0 Å². The van der Waals surface area contributed by atoms with Gasteiger partial charge in [-0.05, 0) is 63.5 Å². The van der Waals surface area contributed by atoms with E-state index < -0.39 is 17.7 Å². The molecule has 174 valence electrons. The lowest BCUT2D eigenvalue weighted by molar-refractivity contribution is -0.113. The van der Waals surface area contributed by atoms with Crippen molar-refractivity contribution >= 4 is 17.9 Å². The van der Waals surface area contributed by atoms with Crippen LogP contribution in [0, 0.1) is 44.7 Å². The molecule has 0 radical (unpaired) electrons. The maximum Gasteiger partial charge on any atom is 0.252 e. The molecule has 1 amide bonds. The van der Waals surface area contributed by atoms with Gasteiger partial charge in [-0.1, -0.05) is 36.3 Å². The molecule has 0 saturated carbocycles. The van der Waals surface area contributed by atoms with Crippen LogP contribution in [0.15, 0.2) is 54.3 Å². The van der Waals surface area contributed by atoms with Gasteiger partial charge in [-0.25, -0.2) is 8.78 Å². The first-order chi connectivity index (χ1) is 15.4. The van der Waals surface area contributed by atoms with E-state index in [1.54, 1.807) is 20.9 Å². The van der Waals surface area contributed by atoms with Crippen molar-refractivity contribution in [1.82, 2.24) is 4.90 Å². The summed E-state index contributed by atoms with van der Waals surface area (Å²) in [6.07, 6.45) is 7.73. The van der Waals surface area contributed by atoms with E-state index in [1.165, 1.54) is 17.2 Å². The quantitative estimate of drug-likeness (QED) is 0.342. The lowest BCUT2D eigenvalue weighted by atomic mass is 10.0. The van der Waals surface area contributed by atoms with E-state index >= 15 is 0 Å². The molecule has 2 aromatic carbocycles. The molecular formula is C27H30F2N2O2. The number of aryl methyl sites for hydroxylation is 3. The van der Waals surface area contributed by atoms with E-state index in [4.69, 9.17) is 6.42 Å². The number of benzene rings is 2. The predicted molar refractivity (Wildman–Crippen MR) is 130 cm³/mol. The zero-order chi connectivity index (χ0) is 25.3. The number of aldehydes is 1. The van der Waals surface area contributed by atoms with Crippen LogP contribution >= 0.6 is 0 Å². The largest absolute Gasteiger partial charge is 0.362 e. The molecule has 0 aliphatic carbocycles. The molecule has 0 fully saturated rings. The van der Waals surface area contributed by atoms with E-state index in [-0.39, 0.29) is 11.5 Å². The van der Waals surface area contributed by atoms with Crippen LogP contribution in [-0.2, 0) is 9.59 Å². The molecule has 2 rings (SSSR count). The second-order valence-corrected chi connectivity index (χ2v) is 7.87. The monoisotopic (exact) mass is 452 g/mol. The zero-order valence-electron chi connectivity index (χ0n) is 19.9. The summed E-state index contributed by atoms with van der Waals surface area (Å²) >= 11 is 0. The third-order valence-electron chi connectivity index (χ3n) is 4.71. The Morgan fingerprint density at radius 1 is 1.15 bits per heavy atom. The van der Waals surface area contributed by atoms with E-state index in [0.29, 0.717) is 11.1 Å². The Morgan fingerprint density at radius 2 is 1.64 bits per heavy atom. The van der Waals surface area contributed by atoms with Crippen LogP contribution in [0.2, 0.25) is 0 Å². The second-order valence-electron chi connectivity index (χ2n) is 7.87. The molecular weight excluding hydrogens is 422 g/mol. The topological polar surface area (TPSA) is 49.4 Å². The van der Waals surface area contributed by atoms with Crippen LogP contribution in [0.5, 0.6) is 0 Å². The number of nitrogens with zero attached hydrogens (tertiary/aromatic N) is 1. The van der Waals surface area contributed by atoms with Crippen LogP contribution < -0.4 is 5.32 Å². The van der Waals surface area contributed by atoms with Crippen LogP contribution in [0.3, 0.4) is 0 Å². The predicted octanol–water partition coefficient (Wildman–Crippen LogP) is 5.80. The number of rotatable bonds is 6. The number of amides is 1. The average Bonchev–Trinajstić information content (AvgIpc) is 2.73. The summed E-state index contributed by atoms with van der Waals surface area (Å²) in [4.78, 5) is 23.5.